The Kier molecular flexibility index (Phi) is 8.05. The third-order valence-electron chi connectivity index (χ3n) is 15.3. The standard InChI is InChI=1S/C36H58O9/c1-31(2)16-20-19-8-9-23-33(5)12-11-24(38)32(3,4)22(33)10-13-35(23,7)34(19,6)14-15-36(20,17-25(31)39)30(43)45-29-28(42)27(41)26(40)21(18-37)44-29/h8,20-29,37-42H,9-18H2,1-7H3/t20-,21-,22+,23-,24+,25+,26-,27+,28-,29+,33+,34-,35-,36-/m1/s1. The predicted molar refractivity (Wildman–Crippen MR) is 166 cm³/mol. The number of fused-ring (bicyclic) bond motifs is 7. The minimum Gasteiger partial charge on any atom is -0.432 e. The molecule has 6 N–H and O–H groups in total. The summed E-state index contributed by atoms with van der Waals surface area (Å²) < 4.78 is 11.5. The molecule has 5 fully saturated rings. The van der Waals surface area contributed by atoms with Gasteiger partial charge in [0.05, 0.1) is 24.2 Å². The number of esters is 1. The number of carbonyl (C=O) groups excluding carboxylic acids is 1. The molecule has 1 heterocycles. The predicted octanol–water partition coefficient (Wildman–Crippen LogP) is 3.46. The third-order valence-corrected chi connectivity index (χ3v) is 15.3. The van der Waals surface area contributed by atoms with Crippen molar-refractivity contribution < 1.29 is 44.9 Å². The largest absolute Gasteiger partial charge is 0.432 e. The molecule has 256 valence electrons. The highest BCUT2D eigenvalue weighted by Gasteiger charge is 2.70. The normalized spacial score (nSPS) is 53.6. The molecular formula is C36H58O9. The van der Waals surface area contributed by atoms with E-state index in [4.69, 9.17) is 9.47 Å². The minimum atomic E-state index is -1.68. The van der Waals surface area contributed by atoms with Crippen molar-refractivity contribution in [3.05, 3.63) is 11.6 Å². The van der Waals surface area contributed by atoms with Gasteiger partial charge in [-0.1, -0.05) is 60.1 Å². The van der Waals surface area contributed by atoms with Gasteiger partial charge in [0.25, 0.3) is 0 Å². The van der Waals surface area contributed by atoms with Gasteiger partial charge in [-0.05, 0) is 103 Å². The van der Waals surface area contributed by atoms with Crippen LogP contribution in [0.4, 0.5) is 0 Å². The van der Waals surface area contributed by atoms with Crippen LogP contribution in [0.1, 0.15) is 106 Å². The number of carbonyl (C=O) groups is 1. The highest BCUT2D eigenvalue weighted by molar-refractivity contribution is 5.79. The van der Waals surface area contributed by atoms with Gasteiger partial charge in [-0.3, -0.25) is 4.79 Å². The maximum atomic E-state index is 14.4. The fraction of sp³-hybridized carbons (Fsp3) is 0.917. The SMILES string of the molecule is CC1(C)C[C@@H]2C3=CC[C@@H]4[C@@]5(C)CC[C@H](O)C(C)(C)[C@@H]5CC[C@@]4(C)[C@]3(C)CC[C@@]2(C(=O)O[C@@H]2O[C@H](CO)[C@@H](O)[C@H](O)[C@H]2O)C[C@@H]1O. The fourth-order valence-corrected chi connectivity index (χ4v) is 12.0. The monoisotopic (exact) mass is 634 g/mol. The highest BCUT2D eigenvalue weighted by Crippen LogP contribution is 2.75. The molecule has 0 aromatic heterocycles. The first-order valence-corrected chi connectivity index (χ1v) is 17.4. The lowest BCUT2D eigenvalue weighted by Gasteiger charge is -2.71. The molecule has 4 saturated carbocycles. The number of ether oxygens (including phenoxy) is 2. The van der Waals surface area contributed by atoms with E-state index in [9.17, 15) is 35.4 Å². The number of hydrogen-bond donors (Lipinski definition) is 6. The van der Waals surface area contributed by atoms with Crippen molar-refractivity contribution in [2.24, 2.45) is 50.2 Å². The van der Waals surface area contributed by atoms with Crippen LogP contribution < -0.4 is 0 Å². The van der Waals surface area contributed by atoms with Gasteiger partial charge >= 0.3 is 5.97 Å². The number of allylic oxidation sites excluding steroid dienone is 2. The lowest BCUT2D eigenvalue weighted by Crippen LogP contribution is -2.66. The summed E-state index contributed by atoms with van der Waals surface area (Å²) in [6, 6.07) is 0. The van der Waals surface area contributed by atoms with E-state index >= 15 is 0 Å². The van der Waals surface area contributed by atoms with Crippen LogP contribution in [0.2, 0.25) is 0 Å². The Morgan fingerprint density at radius 3 is 2.20 bits per heavy atom. The molecule has 6 aliphatic rings. The Morgan fingerprint density at radius 2 is 1.53 bits per heavy atom. The van der Waals surface area contributed by atoms with Gasteiger partial charge in [-0.2, -0.15) is 0 Å². The summed E-state index contributed by atoms with van der Waals surface area (Å²) >= 11 is 0. The summed E-state index contributed by atoms with van der Waals surface area (Å²) in [5, 5.41) is 63.4. The quantitative estimate of drug-likeness (QED) is 0.202. The van der Waals surface area contributed by atoms with E-state index in [0.717, 1.165) is 38.5 Å². The molecule has 6 rings (SSSR count). The lowest BCUT2D eigenvalue weighted by atomic mass is 9.33. The Bertz CT molecular complexity index is 1210. The van der Waals surface area contributed by atoms with E-state index < -0.39 is 60.2 Å². The van der Waals surface area contributed by atoms with Crippen molar-refractivity contribution in [2.45, 2.75) is 149 Å². The van der Waals surface area contributed by atoms with E-state index in [0.29, 0.717) is 24.7 Å². The molecule has 45 heavy (non-hydrogen) atoms. The molecule has 0 aromatic rings. The summed E-state index contributed by atoms with van der Waals surface area (Å²) in [6.45, 7) is 15.4. The molecule has 1 aliphatic heterocycles. The summed E-state index contributed by atoms with van der Waals surface area (Å²) in [5.74, 6) is 0.130. The molecule has 0 spiro atoms. The van der Waals surface area contributed by atoms with Crippen molar-refractivity contribution in [3.63, 3.8) is 0 Å². The first-order valence-electron chi connectivity index (χ1n) is 17.4. The zero-order chi connectivity index (χ0) is 33.1. The van der Waals surface area contributed by atoms with Crippen molar-refractivity contribution >= 4 is 5.97 Å². The molecule has 0 amide bonds. The van der Waals surface area contributed by atoms with Crippen molar-refractivity contribution in [1.29, 1.82) is 0 Å². The summed E-state index contributed by atoms with van der Waals surface area (Å²) in [5.41, 5.74) is -0.399. The first-order chi connectivity index (χ1) is 20.8. The van der Waals surface area contributed by atoms with Crippen LogP contribution >= 0.6 is 0 Å². The minimum absolute atomic E-state index is 0.00571. The van der Waals surface area contributed by atoms with E-state index in [1.54, 1.807) is 0 Å². The number of aliphatic hydroxyl groups excluding tert-OH is 6. The molecular weight excluding hydrogens is 576 g/mol. The van der Waals surface area contributed by atoms with Crippen LogP contribution in [0.3, 0.4) is 0 Å². The molecule has 0 unspecified atom stereocenters. The van der Waals surface area contributed by atoms with Crippen LogP contribution in [0.5, 0.6) is 0 Å². The van der Waals surface area contributed by atoms with Crippen molar-refractivity contribution in [2.75, 3.05) is 6.61 Å². The van der Waals surface area contributed by atoms with Crippen molar-refractivity contribution in [1.82, 2.24) is 0 Å². The second kappa shape index (κ2) is 10.7. The Labute approximate surface area is 268 Å². The third kappa shape index (κ3) is 4.54. The van der Waals surface area contributed by atoms with Crippen LogP contribution in [0, 0.1) is 50.2 Å². The zero-order valence-corrected chi connectivity index (χ0v) is 28.3. The average Bonchev–Trinajstić information content (AvgIpc) is 2.96. The Morgan fingerprint density at radius 1 is 0.844 bits per heavy atom. The number of aliphatic hydroxyl groups is 6. The van der Waals surface area contributed by atoms with Crippen LogP contribution in [0.15, 0.2) is 11.6 Å². The van der Waals surface area contributed by atoms with Crippen molar-refractivity contribution in [3.8, 4) is 0 Å². The van der Waals surface area contributed by atoms with E-state index in [1.165, 1.54) is 5.57 Å². The molecule has 0 bridgehead atoms. The van der Waals surface area contributed by atoms with E-state index in [-0.39, 0.29) is 40.1 Å². The van der Waals surface area contributed by atoms with Crippen LogP contribution in [0.25, 0.3) is 0 Å². The van der Waals surface area contributed by atoms with Gasteiger partial charge in [0.1, 0.15) is 24.4 Å². The number of rotatable bonds is 3. The second-order valence-corrected chi connectivity index (χ2v) is 17.9. The Balaban J connectivity index is 1.37. The maximum Gasteiger partial charge on any atom is 0.315 e. The smallest absolute Gasteiger partial charge is 0.315 e. The van der Waals surface area contributed by atoms with E-state index in [2.05, 4.69) is 54.5 Å². The van der Waals surface area contributed by atoms with E-state index in [1.807, 2.05) is 0 Å². The fourth-order valence-electron chi connectivity index (χ4n) is 12.0. The van der Waals surface area contributed by atoms with Gasteiger partial charge in [0.2, 0.25) is 6.29 Å². The molecule has 1 saturated heterocycles. The zero-order valence-electron chi connectivity index (χ0n) is 28.3. The molecule has 0 aromatic carbocycles. The van der Waals surface area contributed by atoms with Gasteiger partial charge in [0, 0.05) is 0 Å². The molecule has 14 atom stereocenters. The molecule has 0 radical (unpaired) electrons. The van der Waals surface area contributed by atoms with Gasteiger partial charge in [0.15, 0.2) is 0 Å². The van der Waals surface area contributed by atoms with Crippen LogP contribution in [-0.2, 0) is 14.3 Å². The molecule has 5 aliphatic carbocycles. The summed E-state index contributed by atoms with van der Waals surface area (Å²) in [4.78, 5) is 14.4. The van der Waals surface area contributed by atoms with Gasteiger partial charge in [-0.25, -0.2) is 0 Å². The Hall–Kier alpha value is -1.07. The second-order valence-electron chi connectivity index (χ2n) is 17.9. The summed E-state index contributed by atoms with van der Waals surface area (Å²) in [6.07, 6.45) is 0.775. The number of hydrogen-bond acceptors (Lipinski definition) is 9. The first kappa shape index (κ1) is 33.8. The van der Waals surface area contributed by atoms with Gasteiger partial charge < -0.3 is 40.1 Å². The molecule has 9 nitrogen and oxygen atoms in total. The molecule has 9 heteroatoms. The summed E-state index contributed by atoms with van der Waals surface area (Å²) in [7, 11) is 0. The maximum absolute atomic E-state index is 14.4. The topological polar surface area (TPSA) is 157 Å². The van der Waals surface area contributed by atoms with Gasteiger partial charge in [-0.15, -0.1) is 0 Å². The lowest BCUT2D eigenvalue weighted by molar-refractivity contribution is -0.298. The highest BCUT2D eigenvalue weighted by atomic mass is 16.7. The van der Waals surface area contributed by atoms with Crippen LogP contribution in [-0.4, -0.2) is 86.1 Å². The average molecular weight is 635 g/mol.